The van der Waals surface area contributed by atoms with E-state index in [0.717, 1.165) is 50.0 Å². The lowest BCUT2D eigenvalue weighted by molar-refractivity contribution is -0.133. The average molecular weight is 408 g/mol. The number of carbonyl (C=O) groups excluding carboxylic acids is 2. The van der Waals surface area contributed by atoms with E-state index in [-0.39, 0.29) is 11.8 Å². The van der Waals surface area contributed by atoms with Crippen LogP contribution in [0.5, 0.6) is 0 Å². The second-order valence-corrected chi connectivity index (χ2v) is 9.93. The molecule has 1 atom stereocenters. The van der Waals surface area contributed by atoms with Crippen LogP contribution in [0, 0.1) is 0 Å². The van der Waals surface area contributed by atoms with Crippen molar-refractivity contribution in [3.63, 3.8) is 0 Å². The number of para-hydroxylation sites is 1. The number of nitrogens with one attached hydrogen (secondary N) is 1. The van der Waals surface area contributed by atoms with Gasteiger partial charge in [0.05, 0.1) is 6.54 Å². The zero-order chi connectivity index (χ0) is 18.9. The lowest BCUT2D eigenvalue weighted by Crippen LogP contribution is -2.50. The number of nitrogens with zero attached hydrogens (tertiary/aromatic N) is 2. The Morgan fingerprint density at radius 2 is 1.85 bits per heavy atom. The summed E-state index contributed by atoms with van der Waals surface area (Å²) >= 11 is 0. The van der Waals surface area contributed by atoms with E-state index in [1.165, 1.54) is 18.6 Å². The van der Waals surface area contributed by atoms with E-state index >= 15 is 0 Å². The molecule has 2 amide bonds. The van der Waals surface area contributed by atoms with E-state index in [4.69, 9.17) is 0 Å². The second-order valence-electron chi connectivity index (χ2n) is 7.15. The molecule has 1 aromatic rings. The van der Waals surface area contributed by atoms with Gasteiger partial charge in [0.15, 0.2) is 0 Å². The van der Waals surface area contributed by atoms with Crippen molar-refractivity contribution >= 4 is 39.1 Å². The van der Waals surface area contributed by atoms with Gasteiger partial charge in [-0.3, -0.25) is 14.5 Å². The highest BCUT2D eigenvalue weighted by Gasteiger charge is 2.22. The molecule has 2 aliphatic rings. The van der Waals surface area contributed by atoms with Gasteiger partial charge in [-0.2, -0.15) is 0 Å². The summed E-state index contributed by atoms with van der Waals surface area (Å²) in [5.41, 5.74) is 0.825. The maximum absolute atomic E-state index is 12.4. The van der Waals surface area contributed by atoms with E-state index in [2.05, 4.69) is 10.2 Å². The highest BCUT2D eigenvalue weighted by atomic mass is 33.1. The van der Waals surface area contributed by atoms with E-state index in [1.54, 1.807) is 0 Å². The number of benzene rings is 1. The van der Waals surface area contributed by atoms with Crippen molar-refractivity contribution in [2.75, 3.05) is 43.8 Å². The number of amides is 2. The molecule has 0 spiro atoms. The van der Waals surface area contributed by atoms with Crippen molar-refractivity contribution in [2.45, 2.75) is 37.4 Å². The molecular weight excluding hydrogens is 378 g/mol. The quantitative estimate of drug-likeness (QED) is 0.528. The molecule has 0 radical (unpaired) electrons. The number of anilines is 1. The molecule has 1 aromatic carbocycles. The van der Waals surface area contributed by atoms with Crippen molar-refractivity contribution in [1.29, 1.82) is 0 Å². The van der Waals surface area contributed by atoms with E-state index in [0.29, 0.717) is 13.0 Å². The Kier molecular flexibility index (Phi) is 8.35. The third-order valence-electron chi connectivity index (χ3n) is 5.04. The summed E-state index contributed by atoms with van der Waals surface area (Å²) in [7, 11) is 4.00. The standard InChI is InChI=1S/C20H29N3O2S2/c24-19(21-17-6-2-1-3-7-17)16-22-11-13-23(14-12-22)20(25)9-5-4-8-18-10-15-26-27-18/h1-3,6-7,18H,4-5,8-16H2,(H,21,24). The van der Waals surface area contributed by atoms with Crippen LogP contribution in [-0.2, 0) is 9.59 Å². The van der Waals surface area contributed by atoms with E-state index in [9.17, 15) is 9.59 Å². The summed E-state index contributed by atoms with van der Waals surface area (Å²) in [6.45, 7) is 3.38. The summed E-state index contributed by atoms with van der Waals surface area (Å²) in [6.07, 6.45) is 5.39. The molecule has 1 unspecified atom stereocenters. The van der Waals surface area contributed by atoms with Crippen LogP contribution in [-0.4, -0.2) is 65.3 Å². The van der Waals surface area contributed by atoms with Gasteiger partial charge in [0, 0.05) is 49.3 Å². The van der Waals surface area contributed by atoms with Crippen LogP contribution in [0.25, 0.3) is 0 Å². The molecule has 2 aliphatic heterocycles. The molecule has 5 nitrogen and oxygen atoms in total. The Bertz CT molecular complexity index is 601. The molecule has 0 bridgehead atoms. The second kappa shape index (κ2) is 11.0. The summed E-state index contributed by atoms with van der Waals surface area (Å²) < 4.78 is 0. The molecule has 27 heavy (non-hydrogen) atoms. The van der Waals surface area contributed by atoms with E-state index in [1.807, 2.05) is 56.8 Å². The zero-order valence-corrected chi connectivity index (χ0v) is 17.4. The van der Waals surface area contributed by atoms with E-state index < -0.39 is 0 Å². The Morgan fingerprint density at radius 1 is 1.07 bits per heavy atom. The van der Waals surface area contributed by atoms with Crippen molar-refractivity contribution in [3.05, 3.63) is 30.3 Å². The molecule has 1 N–H and O–H groups in total. The molecule has 2 fully saturated rings. The third-order valence-corrected chi connectivity index (χ3v) is 8.05. The van der Waals surface area contributed by atoms with Crippen LogP contribution < -0.4 is 5.32 Å². The van der Waals surface area contributed by atoms with Crippen LogP contribution in [0.2, 0.25) is 0 Å². The average Bonchev–Trinajstić information content (AvgIpc) is 3.20. The fourth-order valence-electron chi connectivity index (χ4n) is 3.45. The highest BCUT2D eigenvalue weighted by molar-refractivity contribution is 8.77. The Morgan fingerprint density at radius 3 is 2.56 bits per heavy atom. The van der Waals surface area contributed by atoms with Gasteiger partial charge in [0.1, 0.15) is 0 Å². The fourth-order valence-corrected chi connectivity index (χ4v) is 6.48. The first-order chi connectivity index (χ1) is 13.2. The first-order valence-electron chi connectivity index (χ1n) is 9.84. The van der Waals surface area contributed by atoms with Crippen molar-refractivity contribution in [2.24, 2.45) is 0 Å². The summed E-state index contributed by atoms with van der Waals surface area (Å²) in [5.74, 6) is 1.56. The molecule has 7 heteroatoms. The monoisotopic (exact) mass is 407 g/mol. The molecule has 0 aliphatic carbocycles. The van der Waals surface area contributed by atoms with Crippen LogP contribution in [0.3, 0.4) is 0 Å². The molecule has 148 valence electrons. The van der Waals surface area contributed by atoms with Gasteiger partial charge in [0.25, 0.3) is 0 Å². The number of carbonyl (C=O) groups is 2. The maximum atomic E-state index is 12.4. The predicted molar refractivity (Wildman–Crippen MR) is 115 cm³/mol. The smallest absolute Gasteiger partial charge is 0.238 e. The van der Waals surface area contributed by atoms with Crippen molar-refractivity contribution in [1.82, 2.24) is 9.80 Å². The van der Waals surface area contributed by atoms with Gasteiger partial charge in [-0.25, -0.2) is 0 Å². The minimum absolute atomic E-state index is 0.00363. The Hall–Kier alpha value is -1.18. The van der Waals surface area contributed by atoms with Gasteiger partial charge in [-0.1, -0.05) is 46.2 Å². The normalized spacial score (nSPS) is 20.6. The summed E-state index contributed by atoms with van der Waals surface area (Å²) in [6, 6.07) is 9.52. The molecule has 2 heterocycles. The first-order valence-corrected chi connectivity index (χ1v) is 12.2. The number of unbranched alkanes of at least 4 members (excludes halogenated alkanes) is 1. The van der Waals surface area contributed by atoms with Crippen molar-refractivity contribution in [3.8, 4) is 0 Å². The Balaban J connectivity index is 1.28. The molecule has 3 rings (SSSR count). The van der Waals surface area contributed by atoms with Gasteiger partial charge < -0.3 is 10.2 Å². The highest BCUT2D eigenvalue weighted by Crippen LogP contribution is 2.39. The van der Waals surface area contributed by atoms with Gasteiger partial charge in [-0.05, 0) is 31.4 Å². The summed E-state index contributed by atoms with van der Waals surface area (Å²) in [5, 5.41) is 3.72. The largest absolute Gasteiger partial charge is 0.340 e. The lowest BCUT2D eigenvalue weighted by Gasteiger charge is -2.34. The fraction of sp³-hybridized carbons (Fsp3) is 0.600. The lowest BCUT2D eigenvalue weighted by atomic mass is 10.1. The topological polar surface area (TPSA) is 52.7 Å². The summed E-state index contributed by atoms with van der Waals surface area (Å²) in [4.78, 5) is 28.6. The number of hydrogen-bond donors (Lipinski definition) is 1. The maximum Gasteiger partial charge on any atom is 0.238 e. The van der Waals surface area contributed by atoms with Crippen LogP contribution in [0.15, 0.2) is 30.3 Å². The van der Waals surface area contributed by atoms with Crippen LogP contribution >= 0.6 is 21.6 Å². The van der Waals surface area contributed by atoms with Gasteiger partial charge in [0.2, 0.25) is 11.8 Å². The Labute approximate surface area is 170 Å². The molecule has 2 saturated heterocycles. The minimum Gasteiger partial charge on any atom is -0.340 e. The predicted octanol–water partition coefficient (Wildman–Crippen LogP) is 3.48. The van der Waals surface area contributed by atoms with Crippen LogP contribution in [0.1, 0.15) is 32.1 Å². The van der Waals surface area contributed by atoms with Crippen LogP contribution in [0.4, 0.5) is 5.69 Å². The molecular formula is C20H29N3O2S2. The first kappa shape index (κ1) is 20.6. The number of piperazine rings is 1. The minimum atomic E-state index is 0.00363. The third kappa shape index (κ3) is 7.05. The molecule has 0 saturated carbocycles. The van der Waals surface area contributed by atoms with Crippen molar-refractivity contribution < 1.29 is 9.59 Å². The van der Waals surface area contributed by atoms with Gasteiger partial charge in [-0.15, -0.1) is 0 Å². The number of rotatable bonds is 8. The number of hydrogen-bond acceptors (Lipinski definition) is 5. The van der Waals surface area contributed by atoms with Gasteiger partial charge >= 0.3 is 0 Å². The zero-order valence-electron chi connectivity index (χ0n) is 15.8. The SMILES string of the molecule is O=C(CN1CCN(C(=O)CCCCC2CCSS2)CC1)Nc1ccccc1. The molecule has 0 aromatic heterocycles.